The van der Waals surface area contributed by atoms with Gasteiger partial charge in [-0.2, -0.15) is 0 Å². The Bertz CT molecular complexity index is 858. The van der Waals surface area contributed by atoms with Crippen molar-refractivity contribution in [2.75, 3.05) is 0 Å². The molecule has 0 aliphatic heterocycles. The largest absolute Gasteiger partial charge is 0.335 e. The van der Waals surface area contributed by atoms with Crippen molar-refractivity contribution >= 4 is 6.03 Å². The molecule has 27 heavy (non-hydrogen) atoms. The minimum absolute atomic E-state index is 0.0246. The molecule has 0 saturated carbocycles. The normalized spacial score (nSPS) is 11.8. The van der Waals surface area contributed by atoms with Gasteiger partial charge in [-0.15, -0.1) is 10.2 Å². The van der Waals surface area contributed by atoms with Gasteiger partial charge in [-0.3, -0.25) is 0 Å². The van der Waals surface area contributed by atoms with E-state index in [0.717, 1.165) is 18.8 Å². The van der Waals surface area contributed by atoms with Gasteiger partial charge in [-0.05, 0) is 37.0 Å². The molecule has 140 valence electrons. The SMILES string of the molecule is CCn1cnnc1CNC(=O)N[C@H](C)Cc1ccc(-c2ccccc2)cc1. The van der Waals surface area contributed by atoms with E-state index in [2.05, 4.69) is 57.2 Å². The highest BCUT2D eigenvalue weighted by Crippen LogP contribution is 2.19. The van der Waals surface area contributed by atoms with Crippen molar-refractivity contribution in [1.82, 2.24) is 25.4 Å². The van der Waals surface area contributed by atoms with Crippen LogP contribution >= 0.6 is 0 Å². The summed E-state index contributed by atoms with van der Waals surface area (Å²) in [4.78, 5) is 12.1. The zero-order valence-corrected chi connectivity index (χ0v) is 15.7. The molecule has 6 nitrogen and oxygen atoms in total. The lowest BCUT2D eigenvalue weighted by Crippen LogP contribution is -2.41. The highest BCUT2D eigenvalue weighted by molar-refractivity contribution is 5.74. The van der Waals surface area contributed by atoms with Crippen LogP contribution in [0.25, 0.3) is 11.1 Å². The van der Waals surface area contributed by atoms with Gasteiger partial charge in [-0.1, -0.05) is 54.6 Å². The quantitative estimate of drug-likeness (QED) is 0.676. The number of hydrogen-bond acceptors (Lipinski definition) is 3. The number of nitrogens with zero attached hydrogens (tertiary/aromatic N) is 3. The zero-order valence-electron chi connectivity index (χ0n) is 15.7. The lowest BCUT2D eigenvalue weighted by atomic mass is 10.0. The molecular formula is C21H25N5O. The summed E-state index contributed by atoms with van der Waals surface area (Å²) in [5.41, 5.74) is 3.58. The van der Waals surface area contributed by atoms with Crippen LogP contribution in [0.2, 0.25) is 0 Å². The molecule has 0 aliphatic rings. The van der Waals surface area contributed by atoms with Gasteiger partial charge >= 0.3 is 6.03 Å². The summed E-state index contributed by atoms with van der Waals surface area (Å²) < 4.78 is 1.90. The van der Waals surface area contributed by atoms with E-state index in [1.807, 2.05) is 36.6 Å². The van der Waals surface area contributed by atoms with E-state index < -0.39 is 0 Å². The lowest BCUT2D eigenvalue weighted by Gasteiger charge is -2.15. The van der Waals surface area contributed by atoms with Crippen molar-refractivity contribution < 1.29 is 4.79 Å². The zero-order chi connectivity index (χ0) is 19.1. The smallest absolute Gasteiger partial charge is 0.315 e. The first kappa shape index (κ1) is 18.6. The maximum Gasteiger partial charge on any atom is 0.315 e. The minimum atomic E-state index is -0.200. The van der Waals surface area contributed by atoms with Gasteiger partial charge in [0.05, 0.1) is 6.54 Å². The average molecular weight is 363 g/mol. The van der Waals surface area contributed by atoms with Gasteiger partial charge < -0.3 is 15.2 Å². The van der Waals surface area contributed by atoms with E-state index >= 15 is 0 Å². The Hall–Kier alpha value is -3.15. The number of aryl methyl sites for hydroxylation is 1. The maximum atomic E-state index is 12.1. The molecular weight excluding hydrogens is 338 g/mol. The highest BCUT2D eigenvalue weighted by Gasteiger charge is 2.10. The Balaban J connectivity index is 1.48. The first-order valence-corrected chi connectivity index (χ1v) is 9.21. The van der Waals surface area contributed by atoms with Crippen LogP contribution in [0.15, 0.2) is 60.9 Å². The third kappa shape index (κ3) is 5.17. The molecule has 2 aromatic carbocycles. The standard InChI is InChI=1S/C21H25N5O/c1-3-26-15-23-25-20(26)14-22-21(27)24-16(2)13-17-9-11-19(12-10-17)18-7-5-4-6-8-18/h4-12,15-16H,3,13-14H2,1-2H3,(H2,22,24,27)/t16-/m1/s1. The molecule has 2 amide bonds. The molecule has 1 atom stereocenters. The van der Waals surface area contributed by atoms with E-state index in [0.29, 0.717) is 6.54 Å². The van der Waals surface area contributed by atoms with Gasteiger partial charge in [0, 0.05) is 12.6 Å². The Morgan fingerprint density at radius 3 is 2.48 bits per heavy atom. The van der Waals surface area contributed by atoms with E-state index in [1.54, 1.807) is 6.33 Å². The summed E-state index contributed by atoms with van der Waals surface area (Å²) in [7, 11) is 0. The average Bonchev–Trinajstić information content (AvgIpc) is 3.15. The number of rotatable bonds is 7. The monoisotopic (exact) mass is 363 g/mol. The van der Waals surface area contributed by atoms with Crippen molar-refractivity contribution in [3.63, 3.8) is 0 Å². The summed E-state index contributed by atoms with van der Waals surface area (Å²) in [6, 6.07) is 18.6. The summed E-state index contributed by atoms with van der Waals surface area (Å²) in [5, 5.41) is 13.7. The number of urea groups is 1. The van der Waals surface area contributed by atoms with Gasteiger partial charge in [0.15, 0.2) is 5.82 Å². The summed E-state index contributed by atoms with van der Waals surface area (Å²) in [6.07, 6.45) is 2.43. The Morgan fingerprint density at radius 2 is 1.78 bits per heavy atom. The van der Waals surface area contributed by atoms with Crippen LogP contribution in [0.5, 0.6) is 0 Å². The number of benzene rings is 2. The molecule has 6 heteroatoms. The summed E-state index contributed by atoms with van der Waals surface area (Å²) in [6.45, 7) is 5.15. The van der Waals surface area contributed by atoms with Crippen LogP contribution in [0.3, 0.4) is 0 Å². The molecule has 1 aromatic heterocycles. The molecule has 0 radical (unpaired) electrons. The third-order valence-electron chi connectivity index (χ3n) is 4.42. The fraction of sp³-hybridized carbons (Fsp3) is 0.286. The van der Waals surface area contributed by atoms with Gasteiger partial charge in [-0.25, -0.2) is 4.79 Å². The number of hydrogen-bond donors (Lipinski definition) is 2. The Labute approximate surface area is 159 Å². The fourth-order valence-electron chi connectivity index (χ4n) is 2.98. The second kappa shape index (κ2) is 8.98. The van der Waals surface area contributed by atoms with Crippen molar-refractivity contribution in [2.24, 2.45) is 0 Å². The topological polar surface area (TPSA) is 71.8 Å². The molecule has 0 unspecified atom stereocenters. The van der Waals surface area contributed by atoms with Crippen molar-refractivity contribution in [3.8, 4) is 11.1 Å². The molecule has 0 aliphatic carbocycles. The predicted molar refractivity (Wildman–Crippen MR) is 106 cm³/mol. The van der Waals surface area contributed by atoms with Crippen LogP contribution in [-0.2, 0) is 19.5 Å². The van der Waals surface area contributed by atoms with Crippen LogP contribution in [0, 0.1) is 0 Å². The van der Waals surface area contributed by atoms with Crippen LogP contribution in [0.4, 0.5) is 4.79 Å². The molecule has 0 bridgehead atoms. The minimum Gasteiger partial charge on any atom is -0.335 e. The number of carbonyl (C=O) groups is 1. The molecule has 2 N–H and O–H groups in total. The van der Waals surface area contributed by atoms with Crippen molar-refractivity contribution in [2.45, 2.75) is 39.4 Å². The van der Waals surface area contributed by atoms with Crippen molar-refractivity contribution in [3.05, 3.63) is 72.3 Å². The molecule has 0 saturated heterocycles. The van der Waals surface area contributed by atoms with E-state index in [9.17, 15) is 4.79 Å². The molecule has 3 aromatic rings. The predicted octanol–water partition coefficient (Wildman–Crippen LogP) is 3.40. The highest BCUT2D eigenvalue weighted by atomic mass is 16.2. The maximum absolute atomic E-state index is 12.1. The van der Waals surface area contributed by atoms with E-state index in [1.165, 1.54) is 16.7 Å². The molecule has 0 fully saturated rings. The summed E-state index contributed by atoms with van der Waals surface area (Å²) in [5.74, 6) is 0.747. The van der Waals surface area contributed by atoms with Crippen molar-refractivity contribution in [1.29, 1.82) is 0 Å². The Kier molecular flexibility index (Phi) is 6.20. The number of aromatic nitrogens is 3. The van der Waals surface area contributed by atoms with Gasteiger partial charge in [0.2, 0.25) is 0 Å². The van der Waals surface area contributed by atoms with Gasteiger partial charge in [0.25, 0.3) is 0 Å². The van der Waals surface area contributed by atoms with E-state index in [4.69, 9.17) is 0 Å². The van der Waals surface area contributed by atoms with Crippen LogP contribution in [-0.4, -0.2) is 26.8 Å². The molecule has 3 rings (SSSR count). The second-order valence-corrected chi connectivity index (χ2v) is 6.53. The summed E-state index contributed by atoms with van der Waals surface area (Å²) >= 11 is 0. The van der Waals surface area contributed by atoms with Gasteiger partial charge in [0.1, 0.15) is 6.33 Å². The number of nitrogens with one attached hydrogen (secondary N) is 2. The van der Waals surface area contributed by atoms with Crippen LogP contribution in [0.1, 0.15) is 25.2 Å². The fourth-order valence-corrected chi connectivity index (χ4v) is 2.98. The molecule has 1 heterocycles. The first-order chi connectivity index (χ1) is 13.2. The second-order valence-electron chi connectivity index (χ2n) is 6.53. The first-order valence-electron chi connectivity index (χ1n) is 9.21. The molecule has 0 spiro atoms. The van der Waals surface area contributed by atoms with Crippen LogP contribution < -0.4 is 10.6 Å². The number of amides is 2. The van der Waals surface area contributed by atoms with E-state index in [-0.39, 0.29) is 12.1 Å². The lowest BCUT2D eigenvalue weighted by molar-refractivity contribution is 0.237. The third-order valence-corrected chi connectivity index (χ3v) is 4.42. The number of carbonyl (C=O) groups excluding carboxylic acids is 1. The Morgan fingerprint density at radius 1 is 1.07 bits per heavy atom.